The van der Waals surface area contributed by atoms with Crippen LogP contribution >= 0.6 is 11.6 Å². The minimum absolute atomic E-state index is 0.241. The Balaban J connectivity index is 2.08. The van der Waals surface area contributed by atoms with Crippen molar-refractivity contribution in [2.45, 2.75) is 6.92 Å². The second kappa shape index (κ2) is 5.88. The van der Waals surface area contributed by atoms with Gasteiger partial charge in [-0.2, -0.15) is 5.10 Å². The first-order chi connectivity index (χ1) is 11.2. The second-order valence-corrected chi connectivity index (χ2v) is 7.41. The Labute approximate surface area is 143 Å². The van der Waals surface area contributed by atoms with Gasteiger partial charge in [0.1, 0.15) is 5.15 Å². The maximum absolute atomic E-state index is 12.0. The molecule has 1 aromatic carbocycles. The largest absolute Gasteiger partial charge is 0.268 e. The molecule has 0 atom stereocenters. The Kier molecular flexibility index (Phi) is 4.02. The number of hydrogen-bond acceptors (Lipinski definition) is 5. The summed E-state index contributed by atoms with van der Waals surface area (Å²) in [5, 5.41) is 5.57. The first-order valence-electron chi connectivity index (χ1n) is 6.88. The normalized spacial score (nSPS) is 11.6. The van der Waals surface area contributed by atoms with Gasteiger partial charge in [-0.05, 0) is 37.3 Å². The van der Waals surface area contributed by atoms with Gasteiger partial charge in [0, 0.05) is 10.9 Å². The lowest BCUT2D eigenvalue weighted by Gasteiger charge is -2.05. The van der Waals surface area contributed by atoms with Gasteiger partial charge in [0.05, 0.1) is 29.4 Å². The molecule has 9 heteroatoms. The molecule has 0 aliphatic rings. The van der Waals surface area contributed by atoms with Gasteiger partial charge in [0.25, 0.3) is 5.91 Å². The van der Waals surface area contributed by atoms with Crippen LogP contribution in [-0.2, 0) is 10.0 Å². The van der Waals surface area contributed by atoms with Gasteiger partial charge in [-0.3, -0.25) is 4.79 Å². The van der Waals surface area contributed by atoms with E-state index in [0.717, 1.165) is 22.8 Å². The molecule has 2 aromatic heterocycles. The van der Waals surface area contributed by atoms with E-state index in [1.165, 1.54) is 0 Å². The number of aromatic nitrogens is 3. The van der Waals surface area contributed by atoms with Crippen molar-refractivity contribution in [3.8, 4) is 5.69 Å². The number of pyridine rings is 1. The zero-order valence-corrected chi connectivity index (χ0v) is 14.4. The fourth-order valence-electron chi connectivity index (χ4n) is 2.33. The van der Waals surface area contributed by atoms with E-state index in [0.29, 0.717) is 10.8 Å². The van der Waals surface area contributed by atoms with Crippen LogP contribution in [0.15, 0.2) is 36.5 Å². The van der Waals surface area contributed by atoms with Crippen molar-refractivity contribution < 1.29 is 13.2 Å². The fraction of sp³-hybridized carbons (Fsp3) is 0.133. The number of carbonyl (C=O) groups excluding carboxylic acids is 1. The Morgan fingerprint density at radius 2 is 2.00 bits per heavy atom. The molecule has 2 heterocycles. The molecule has 0 saturated carbocycles. The zero-order valence-electron chi connectivity index (χ0n) is 12.8. The number of aryl methyl sites for hydroxylation is 1. The van der Waals surface area contributed by atoms with Crippen LogP contribution in [-0.4, -0.2) is 35.3 Å². The van der Waals surface area contributed by atoms with Crippen LogP contribution < -0.4 is 4.72 Å². The van der Waals surface area contributed by atoms with E-state index in [-0.39, 0.29) is 5.56 Å². The minimum Gasteiger partial charge on any atom is -0.268 e. The number of amides is 1. The van der Waals surface area contributed by atoms with Gasteiger partial charge < -0.3 is 0 Å². The first kappa shape index (κ1) is 16.4. The summed E-state index contributed by atoms with van der Waals surface area (Å²) in [5.74, 6) is -0.681. The van der Waals surface area contributed by atoms with Crippen LogP contribution in [0.25, 0.3) is 16.6 Å². The first-order valence-corrected chi connectivity index (χ1v) is 9.15. The molecule has 0 spiro atoms. The zero-order chi connectivity index (χ0) is 17.5. The van der Waals surface area contributed by atoms with Crippen LogP contribution in [0.3, 0.4) is 0 Å². The predicted octanol–water partition coefficient (Wildman–Crippen LogP) is 2.07. The predicted molar refractivity (Wildman–Crippen MR) is 90.9 cm³/mol. The van der Waals surface area contributed by atoms with Crippen molar-refractivity contribution >= 4 is 38.4 Å². The molecule has 1 N–H and O–H groups in total. The second-order valence-electron chi connectivity index (χ2n) is 5.27. The Bertz CT molecular complexity index is 1040. The molecule has 0 fully saturated rings. The Hall–Kier alpha value is -2.45. The molecular weight excluding hydrogens is 352 g/mol. The number of nitrogens with one attached hydrogen (secondary N) is 1. The van der Waals surface area contributed by atoms with E-state index in [1.54, 1.807) is 48.1 Å². The lowest BCUT2D eigenvalue weighted by Crippen LogP contribution is -2.29. The van der Waals surface area contributed by atoms with Crippen LogP contribution in [0.5, 0.6) is 0 Å². The molecule has 0 saturated heterocycles. The third kappa shape index (κ3) is 3.24. The summed E-state index contributed by atoms with van der Waals surface area (Å²) in [6, 6.07) is 8.31. The van der Waals surface area contributed by atoms with E-state index >= 15 is 0 Å². The van der Waals surface area contributed by atoms with Crippen LogP contribution in [0.4, 0.5) is 0 Å². The van der Waals surface area contributed by atoms with Gasteiger partial charge >= 0.3 is 0 Å². The summed E-state index contributed by atoms with van der Waals surface area (Å²) in [7, 11) is -3.62. The van der Waals surface area contributed by atoms with Crippen molar-refractivity contribution in [1.82, 2.24) is 19.5 Å². The summed E-state index contributed by atoms with van der Waals surface area (Å²) in [5.41, 5.74) is 2.44. The van der Waals surface area contributed by atoms with Crippen LogP contribution in [0.2, 0.25) is 5.15 Å². The Morgan fingerprint density at radius 3 is 2.62 bits per heavy atom. The van der Waals surface area contributed by atoms with E-state index in [9.17, 15) is 13.2 Å². The number of sulfonamides is 1. The molecule has 7 nitrogen and oxygen atoms in total. The molecule has 3 rings (SSSR count). The monoisotopic (exact) mass is 364 g/mol. The molecule has 1 amide bonds. The number of hydrogen-bond donors (Lipinski definition) is 1. The maximum Gasteiger partial charge on any atom is 0.264 e. The number of rotatable bonds is 3. The van der Waals surface area contributed by atoms with E-state index in [4.69, 9.17) is 11.6 Å². The quantitative estimate of drug-likeness (QED) is 0.718. The molecule has 24 heavy (non-hydrogen) atoms. The topological polar surface area (TPSA) is 93.9 Å². The summed E-state index contributed by atoms with van der Waals surface area (Å²) < 4.78 is 26.0. The lowest BCUT2D eigenvalue weighted by atomic mass is 10.1. The third-order valence-corrected chi connectivity index (χ3v) is 4.14. The van der Waals surface area contributed by atoms with Crippen LogP contribution in [0.1, 0.15) is 16.1 Å². The molecule has 0 unspecified atom stereocenters. The van der Waals surface area contributed by atoms with Crippen molar-refractivity contribution in [3.05, 3.63) is 52.9 Å². The number of benzene rings is 1. The highest BCUT2D eigenvalue weighted by atomic mass is 35.5. The maximum atomic E-state index is 12.0. The smallest absolute Gasteiger partial charge is 0.264 e. The number of nitrogens with zero attached hydrogens (tertiary/aromatic N) is 3. The summed E-state index contributed by atoms with van der Waals surface area (Å²) in [6.07, 6.45) is 2.53. The van der Waals surface area contributed by atoms with E-state index in [2.05, 4.69) is 10.1 Å². The van der Waals surface area contributed by atoms with Gasteiger partial charge in [-0.1, -0.05) is 11.6 Å². The molecule has 0 radical (unpaired) electrons. The highest BCUT2D eigenvalue weighted by molar-refractivity contribution is 7.89. The van der Waals surface area contributed by atoms with Crippen molar-refractivity contribution in [3.63, 3.8) is 0 Å². The van der Waals surface area contributed by atoms with Crippen molar-refractivity contribution in [1.29, 1.82) is 0 Å². The third-order valence-electron chi connectivity index (χ3n) is 3.36. The molecule has 0 aliphatic heterocycles. The van der Waals surface area contributed by atoms with E-state index in [1.807, 2.05) is 4.72 Å². The minimum atomic E-state index is -3.62. The Morgan fingerprint density at radius 1 is 1.25 bits per heavy atom. The van der Waals surface area contributed by atoms with E-state index < -0.39 is 15.9 Å². The number of halogens is 1. The van der Waals surface area contributed by atoms with Crippen molar-refractivity contribution in [2.75, 3.05) is 6.26 Å². The average Bonchev–Trinajstić information content (AvgIpc) is 2.83. The SMILES string of the molecule is Cc1nn(-c2ccc(Cl)nc2)c2ccc(C(=O)NS(C)(=O)=O)cc12. The molecule has 124 valence electrons. The molecule has 3 aromatic rings. The summed E-state index contributed by atoms with van der Waals surface area (Å²) in [4.78, 5) is 16.0. The van der Waals surface area contributed by atoms with Crippen LogP contribution in [0, 0.1) is 6.92 Å². The van der Waals surface area contributed by atoms with Gasteiger partial charge in [-0.25, -0.2) is 22.8 Å². The summed E-state index contributed by atoms with van der Waals surface area (Å²) in [6.45, 7) is 1.81. The average molecular weight is 365 g/mol. The van der Waals surface area contributed by atoms with Gasteiger partial charge in [0.2, 0.25) is 10.0 Å². The molecule has 0 bridgehead atoms. The number of carbonyl (C=O) groups is 1. The molecule has 0 aliphatic carbocycles. The summed E-state index contributed by atoms with van der Waals surface area (Å²) >= 11 is 5.80. The van der Waals surface area contributed by atoms with Gasteiger partial charge in [-0.15, -0.1) is 0 Å². The van der Waals surface area contributed by atoms with Gasteiger partial charge in [0.15, 0.2) is 0 Å². The molecular formula is C15H13ClN4O3S. The lowest BCUT2D eigenvalue weighted by molar-refractivity contribution is 0.0982. The highest BCUT2D eigenvalue weighted by Crippen LogP contribution is 2.23. The number of fused-ring (bicyclic) bond motifs is 1. The fourth-order valence-corrected chi connectivity index (χ4v) is 2.89. The van der Waals surface area contributed by atoms with Crippen molar-refractivity contribution in [2.24, 2.45) is 0 Å². The standard InChI is InChI=1S/C15H13ClN4O3S/c1-9-12-7-10(15(21)19-24(2,22)23)3-5-13(12)20(18-9)11-4-6-14(16)17-8-11/h3-8H,1-2H3,(H,19,21). The highest BCUT2D eigenvalue weighted by Gasteiger charge is 2.15.